The van der Waals surface area contributed by atoms with E-state index in [4.69, 9.17) is 4.74 Å². The Hall–Kier alpha value is -1.10. The summed E-state index contributed by atoms with van der Waals surface area (Å²) in [6.07, 6.45) is 7.79. The van der Waals surface area contributed by atoms with Crippen molar-refractivity contribution in [1.29, 1.82) is 0 Å². The molecule has 0 aromatic carbocycles. The molecule has 2 aliphatic heterocycles. The lowest BCUT2D eigenvalue weighted by Crippen LogP contribution is -2.49. The molecule has 120 valence electrons. The molecule has 0 aromatic heterocycles. The highest BCUT2D eigenvalue weighted by atomic mass is 16.5. The Balaban J connectivity index is 1.84. The maximum Gasteiger partial charge on any atom is 0.328 e. The van der Waals surface area contributed by atoms with E-state index in [-0.39, 0.29) is 17.9 Å². The molecule has 21 heavy (non-hydrogen) atoms. The first-order valence-electron chi connectivity index (χ1n) is 8.42. The van der Waals surface area contributed by atoms with E-state index in [2.05, 4.69) is 5.32 Å². The Morgan fingerprint density at radius 2 is 2.00 bits per heavy atom. The van der Waals surface area contributed by atoms with Crippen LogP contribution in [0.1, 0.15) is 58.3 Å². The van der Waals surface area contributed by atoms with Crippen LogP contribution >= 0.6 is 0 Å². The van der Waals surface area contributed by atoms with Crippen molar-refractivity contribution in [1.82, 2.24) is 10.2 Å². The van der Waals surface area contributed by atoms with Crippen molar-refractivity contribution in [2.45, 2.75) is 70.4 Å². The van der Waals surface area contributed by atoms with Gasteiger partial charge in [0.05, 0.1) is 6.61 Å². The lowest BCUT2D eigenvalue weighted by Gasteiger charge is -2.34. The number of hydrogen-bond acceptors (Lipinski definition) is 4. The van der Waals surface area contributed by atoms with Crippen molar-refractivity contribution in [3.05, 3.63) is 0 Å². The summed E-state index contributed by atoms with van der Waals surface area (Å²) in [6.45, 7) is 3.94. The molecule has 1 N–H and O–H groups in total. The van der Waals surface area contributed by atoms with Crippen LogP contribution in [0.3, 0.4) is 0 Å². The van der Waals surface area contributed by atoms with E-state index in [1.54, 1.807) is 4.90 Å². The predicted molar refractivity (Wildman–Crippen MR) is 80.9 cm³/mol. The molecule has 0 bridgehead atoms. The molecule has 2 heterocycles. The number of carbonyl (C=O) groups is 2. The lowest BCUT2D eigenvalue weighted by molar-refractivity contribution is -0.156. The number of nitrogens with zero attached hydrogens (tertiary/aromatic N) is 1. The van der Waals surface area contributed by atoms with Gasteiger partial charge in [-0.3, -0.25) is 4.79 Å². The van der Waals surface area contributed by atoms with Crippen LogP contribution in [-0.4, -0.2) is 48.6 Å². The van der Waals surface area contributed by atoms with E-state index in [9.17, 15) is 9.59 Å². The fraction of sp³-hybridized carbons (Fsp3) is 0.875. The van der Waals surface area contributed by atoms with E-state index in [1.165, 1.54) is 12.8 Å². The van der Waals surface area contributed by atoms with Gasteiger partial charge in [-0.2, -0.15) is 0 Å². The van der Waals surface area contributed by atoms with Gasteiger partial charge in [0.15, 0.2) is 0 Å². The third-order valence-electron chi connectivity index (χ3n) is 4.50. The second-order valence-corrected chi connectivity index (χ2v) is 6.04. The van der Waals surface area contributed by atoms with E-state index in [0.29, 0.717) is 25.6 Å². The largest absolute Gasteiger partial charge is 0.464 e. The standard InChI is InChI=1S/C16H28N2O3/c1-2-21-16(20)14-8-4-6-12-18(14)15(19)10-9-13-7-3-5-11-17-13/h13-14,17H,2-12H2,1H3. The zero-order valence-electron chi connectivity index (χ0n) is 13.1. The van der Waals surface area contributed by atoms with Gasteiger partial charge in [0, 0.05) is 19.0 Å². The van der Waals surface area contributed by atoms with Crippen molar-refractivity contribution < 1.29 is 14.3 Å². The highest BCUT2D eigenvalue weighted by Crippen LogP contribution is 2.21. The van der Waals surface area contributed by atoms with Gasteiger partial charge < -0.3 is 15.0 Å². The maximum absolute atomic E-state index is 12.5. The highest BCUT2D eigenvalue weighted by Gasteiger charge is 2.33. The Bertz CT molecular complexity index is 353. The summed E-state index contributed by atoms with van der Waals surface area (Å²) in [6, 6.07) is 0.110. The first-order chi connectivity index (χ1) is 10.2. The van der Waals surface area contributed by atoms with E-state index in [1.807, 2.05) is 6.92 Å². The van der Waals surface area contributed by atoms with Crippen LogP contribution in [0.4, 0.5) is 0 Å². The molecule has 2 aliphatic rings. The number of nitrogens with one attached hydrogen (secondary N) is 1. The molecule has 0 radical (unpaired) electrons. The van der Waals surface area contributed by atoms with Crippen molar-refractivity contribution in [3.8, 4) is 0 Å². The van der Waals surface area contributed by atoms with Crippen molar-refractivity contribution in [3.63, 3.8) is 0 Å². The van der Waals surface area contributed by atoms with Gasteiger partial charge >= 0.3 is 5.97 Å². The first-order valence-corrected chi connectivity index (χ1v) is 8.42. The monoisotopic (exact) mass is 296 g/mol. The third-order valence-corrected chi connectivity index (χ3v) is 4.50. The fourth-order valence-electron chi connectivity index (χ4n) is 3.33. The van der Waals surface area contributed by atoms with Crippen LogP contribution in [0.5, 0.6) is 0 Å². The van der Waals surface area contributed by atoms with Gasteiger partial charge in [0.2, 0.25) is 5.91 Å². The summed E-state index contributed by atoms with van der Waals surface area (Å²) in [5.74, 6) is -0.124. The van der Waals surface area contributed by atoms with Gasteiger partial charge in [-0.25, -0.2) is 4.79 Å². The highest BCUT2D eigenvalue weighted by molar-refractivity contribution is 5.84. The minimum Gasteiger partial charge on any atom is -0.464 e. The summed E-state index contributed by atoms with van der Waals surface area (Å²) in [5.41, 5.74) is 0. The van der Waals surface area contributed by atoms with E-state index >= 15 is 0 Å². The molecule has 0 aliphatic carbocycles. The molecule has 2 atom stereocenters. The van der Waals surface area contributed by atoms with Crippen LogP contribution in [-0.2, 0) is 14.3 Å². The molecule has 2 rings (SSSR count). The number of amides is 1. The smallest absolute Gasteiger partial charge is 0.328 e. The predicted octanol–water partition coefficient (Wildman–Crippen LogP) is 1.85. The van der Waals surface area contributed by atoms with Gasteiger partial charge in [-0.15, -0.1) is 0 Å². The van der Waals surface area contributed by atoms with Gasteiger partial charge in [-0.1, -0.05) is 6.42 Å². The third kappa shape index (κ3) is 4.70. The Morgan fingerprint density at radius 1 is 1.19 bits per heavy atom. The molecule has 5 heteroatoms. The Morgan fingerprint density at radius 3 is 2.71 bits per heavy atom. The molecule has 2 fully saturated rings. The zero-order chi connectivity index (χ0) is 15.1. The average molecular weight is 296 g/mol. The molecule has 0 spiro atoms. The summed E-state index contributed by atoms with van der Waals surface area (Å²) < 4.78 is 5.11. The second-order valence-electron chi connectivity index (χ2n) is 6.04. The Kier molecular flexibility index (Phi) is 6.49. The summed E-state index contributed by atoms with van der Waals surface area (Å²) in [5, 5.41) is 3.47. The fourth-order valence-corrected chi connectivity index (χ4v) is 3.33. The van der Waals surface area contributed by atoms with Gasteiger partial charge in [0.1, 0.15) is 6.04 Å². The number of hydrogen-bond donors (Lipinski definition) is 1. The van der Waals surface area contributed by atoms with Crippen LogP contribution in [0.25, 0.3) is 0 Å². The summed E-state index contributed by atoms with van der Waals surface area (Å²) in [7, 11) is 0. The summed E-state index contributed by atoms with van der Waals surface area (Å²) >= 11 is 0. The molecule has 5 nitrogen and oxygen atoms in total. The van der Waals surface area contributed by atoms with Crippen LogP contribution in [0.2, 0.25) is 0 Å². The zero-order valence-corrected chi connectivity index (χ0v) is 13.1. The maximum atomic E-state index is 12.5. The molecule has 2 saturated heterocycles. The first kappa shape index (κ1) is 16.3. The second kappa shape index (κ2) is 8.37. The Labute approximate surface area is 127 Å². The topological polar surface area (TPSA) is 58.6 Å². The van der Waals surface area contributed by atoms with E-state index < -0.39 is 0 Å². The number of piperidine rings is 2. The molecule has 0 aromatic rings. The number of esters is 1. The molecule has 1 amide bonds. The van der Waals surface area contributed by atoms with Crippen LogP contribution in [0, 0.1) is 0 Å². The molecule has 0 saturated carbocycles. The summed E-state index contributed by atoms with van der Waals surface area (Å²) in [4.78, 5) is 26.2. The molecule has 2 unspecified atom stereocenters. The lowest BCUT2D eigenvalue weighted by atomic mass is 9.98. The minimum absolute atomic E-state index is 0.111. The normalized spacial score (nSPS) is 26.4. The van der Waals surface area contributed by atoms with E-state index in [0.717, 1.165) is 38.6 Å². The number of carbonyl (C=O) groups excluding carboxylic acids is 2. The van der Waals surface area contributed by atoms with Crippen molar-refractivity contribution >= 4 is 11.9 Å². The van der Waals surface area contributed by atoms with Crippen LogP contribution in [0.15, 0.2) is 0 Å². The SMILES string of the molecule is CCOC(=O)C1CCCCN1C(=O)CCC1CCCCN1. The minimum atomic E-state index is -0.356. The average Bonchev–Trinajstić information content (AvgIpc) is 2.54. The molecular formula is C16H28N2O3. The number of rotatable bonds is 5. The van der Waals surface area contributed by atoms with Gasteiger partial charge in [0.25, 0.3) is 0 Å². The van der Waals surface area contributed by atoms with Crippen molar-refractivity contribution in [2.75, 3.05) is 19.7 Å². The number of ether oxygens (including phenoxy) is 1. The molecular weight excluding hydrogens is 268 g/mol. The van der Waals surface area contributed by atoms with Gasteiger partial charge in [-0.05, 0) is 52.0 Å². The quantitative estimate of drug-likeness (QED) is 0.787. The van der Waals surface area contributed by atoms with Crippen LogP contribution < -0.4 is 5.32 Å². The number of likely N-dealkylation sites (tertiary alicyclic amines) is 1. The van der Waals surface area contributed by atoms with Crippen molar-refractivity contribution in [2.24, 2.45) is 0 Å².